The molecule has 0 saturated heterocycles. The van der Waals surface area contributed by atoms with Crippen molar-refractivity contribution in [3.05, 3.63) is 59.1 Å². The fourth-order valence-corrected chi connectivity index (χ4v) is 3.80. The zero-order chi connectivity index (χ0) is 27.3. The van der Waals surface area contributed by atoms with E-state index in [0.29, 0.717) is 48.9 Å². The van der Waals surface area contributed by atoms with Gasteiger partial charge in [0.25, 0.3) is 0 Å². The molecule has 37 heavy (non-hydrogen) atoms. The third kappa shape index (κ3) is 11.8. The monoisotopic (exact) mass is 540 g/mol. The second-order valence-corrected chi connectivity index (χ2v) is 9.16. The second kappa shape index (κ2) is 15.4. The normalized spacial score (nSPS) is 12.1. The number of unbranched alkanes of at least 4 members (excludes halogenated alkanes) is 2. The highest BCUT2D eigenvalue weighted by Crippen LogP contribution is 2.22. The molecule has 0 aromatic heterocycles. The summed E-state index contributed by atoms with van der Waals surface area (Å²) in [6.45, 7) is 3.82. The molecule has 0 fully saturated rings. The summed E-state index contributed by atoms with van der Waals surface area (Å²) in [6, 6.07) is 13.5. The van der Waals surface area contributed by atoms with Gasteiger partial charge in [0, 0.05) is 26.0 Å². The lowest BCUT2D eigenvalue weighted by Gasteiger charge is -2.24. The Hall–Kier alpha value is -2.91. The van der Waals surface area contributed by atoms with Crippen molar-refractivity contribution >= 4 is 29.3 Å². The highest BCUT2D eigenvalue weighted by Gasteiger charge is 2.20. The molecule has 204 valence electrons. The topological polar surface area (TPSA) is 88.1 Å². The van der Waals surface area contributed by atoms with Crippen LogP contribution in [0.1, 0.15) is 45.1 Å². The van der Waals surface area contributed by atoms with Gasteiger partial charge in [-0.05, 0) is 56.5 Å². The molecule has 2 amide bonds. The summed E-state index contributed by atoms with van der Waals surface area (Å²) < 4.78 is 37.2. The minimum atomic E-state index is -2.69. The van der Waals surface area contributed by atoms with E-state index in [2.05, 4.69) is 5.32 Å². The molecule has 0 aliphatic carbocycles. The number of hydrogen-bond acceptors (Lipinski definition) is 4. The van der Waals surface area contributed by atoms with E-state index < -0.39 is 18.0 Å². The van der Waals surface area contributed by atoms with E-state index in [0.717, 1.165) is 12.5 Å². The lowest BCUT2D eigenvalue weighted by molar-refractivity contribution is -0.149. The van der Waals surface area contributed by atoms with Gasteiger partial charge in [0.1, 0.15) is 12.4 Å². The van der Waals surface area contributed by atoms with Crippen LogP contribution in [0.15, 0.2) is 48.5 Å². The number of aliphatic carboxylic acids is 1. The smallest absolute Gasteiger partial charge is 0.333 e. The van der Waals surface area contributed by atoms with E-state index in [1.165, 1.54) is 0 Å². The first-order valence-electron chi connectivity index (χ1n) is 12.3. The van der Waals surface area contributed by atoms with Gasteiger partial charge in [-0.25, -0.2) is 18.4 Å². The minimum Gasteiger partial charge on any atom is -0.492 e. The van der Waals surface area contributed by atoms with Crippen molar-refractivity contribution in [3.8, 4) is 5.75 Å². The van der Waals surface area contributed by atoms with Gasteiger partial charge in [-0.3, -0.25) is 0 Å². The van der Waals surface area contributed by atoms with Crippen molar-refractivity contribution in [2.24, 2.45) is 0 Å². The number of hydrogen-bond donors (Lipinski definition) is 2. The van der Waals surface area contributed by atoms with E-state index >= 15 is 0 Å². The highest BCUT2D eigenvalue weighted by molar-refractivity contribution is 6.33. The number of alkyl halides is 2. The van der Waals surface area contributed by atoms with Crippen LogP contribution in [0.5, 0.6) is 5.75 Å². The van der Waals surface area contributed by atoms with Gasteiger partial charge in [0.05, 0.1) is 17.3 Å². The van der Waals surface area contributed by atoms with E-state index in [1.807, 2.05) is 0 Å². The molecule has 0 heterocycles. The van der Waals surface area contributed by atoms with E-state index in [4.69, 9.17) is 21.1 Å². The predicted octanol–water partition coefficient (Wildman–Crippen LogP) is 6.50. The van der Waals surface area contributed by atoms with E-state index in [9.17, 15) is 23.5 Å². The number of carboxylic acid groups (broad SMARTS) is 1. The molecular weight excluding hydrogens is 506 g/mol. The molecule has 2 rings (SSSR count). The van der Waals surface area contributed by atoms with Crippen molar-refractivity contribution in [1.82, 2.24) is 4.90 Å². The molecule has 0 spiro atoms. The number of halogens is 3. The van der Waals surface area contributed by atoms with Crippen molar-refractivity contribution in [2.75, 3.05) is 31.6 Å². The summed E-state index contributed by atoms with van der Waals surface area (Å²) in [5.74, 6) is -3.13. The van der Waals surface area contributed by atoms with Crippen molar-refractivity contribution in [1.29, 1.82) is 0 Å². The van der Waals surface area contributed by atoms with Crippen LogP contribution in [0, 0.1) is 0 Å². The molecular formula is C27H35ClF2N2O5. The highest BCUT2D eigenvalue weighted by atomic mass is 35.5. The lowest BCUT2D eigenvalue weighted by Crippen LogP contribution is -2.38. The molecule has 0 radical (unpaired) electrons. The number of benzene rings is 2. The Morgan fingerprint density at radius 3 is 2.41 bits per heavy atom. The maximum Gasteiger partial charge on any atom is 0.333 e. The van der Waals surface area contributed by atoms with Crippen LogP contribution in [0.2, 0.25) is 5.02 Å². The number of amides is 2. The number of nitrogens with zero attached hydrogens (tertiary/aromatic N) is 1. The molecule has 10 heteroatoms. The molecule has 0 bridgehead atoms. The molecule has 0 aliphatic rings. The Morgan fingerprint density at radius 1 is 1.08 bits per heavy atom. The number of ether oxygens (including phenoxy) is 2. The van der Waals surface area contributed by atoms with Crippen LogP contribution >= 0.6 is 11.6 Å². The number of carbonyl (C=O) groups is 2. The second-order valence-electron chi connectivity index (χ2n) is 8.76. The average molecular weight is 541 g/mol. The summed E-state index contributed by atoms with van der Waals surface area (Å²) in [5, 5.41) is 12.4. The van der Waals surface area contributed by atoms with Gasteiger partial charge in [-0.15, -0.1) is 0 Å². The molecule has 1 atom stereocenters. The number of anilines is 1. The Balaban J connectivity index is 1.92. The van der Waals surface area contributed by atoms with Gasteiger partial charge in [-0.2, -0.15) is 0 Å². The fraction of sp³-hybridized carbons (Fsp3) is 0.481. The van der Waals surface area contributed by atoms with Crippen molar-refractivity contribution in [2.45, 2.75) is 58.0 Å². The van der Waals surface area contributed by atoms with Crippen LogP contribution in [0.25, 0.3) is 0 Å². The molecule has 2 aromatic rings. The molecule has 1 unspecified atom stereocenters. The number of para-hydroxylation sites is 1. The minimum absolute atomic E-state index is 0.185. The predicted molar refractivity (Wildman–Crippen MR) is 140 cm³/mol. The van der Waals surface area contributed by atoms with Crippen molar-refractivity contribution < 1.29 is 33.0 Å². The van der Waals surface area contributed by atoms with Gasteiger partial charge in [0.2, 0.25) is 5.92 Å². The summed E-state index contributed by atoms with van der Waals surface area (Å²) >= 11 is 6.16. The zero-order valence-electron chi connectivity index (χ0n) is 21.2. The number of rotatable bonds is 16. The Labute approximate surface area is 221 Å². The molecule has 0 saturated carbocycles. The Kier molecular flexibility index (Phi) is 12.6. The first-order valence-corrected chi connectivity index (χ1v) is 12.7. The quantitative estimate of drug-likeness (QED) is 0.237. The molecule has 2 N–H and O–H groups in total. The number of carboxylic acids is 1. The summed E-state index contributed by atoms with van der Waals surface area (Å²) in [5.41, 5.74) is 1.28. The van der Waals surface area contributed by atoms with Gasteiger partial charge in [-0.1, -0.05) is 42.3 Å². The first-order chi connectivity index (χ1) is 17.6. The largest absolute Gasteiger partial charge is 0.492 e. The summed E-state index contributed by atoms with van der Waals surface area (Å²) in [4.78, 5) is 25.8. The average Bonchev–Trinajstić information content (AvgIpc) is 2.84. The first kappa shape index (κ1) is 30.3. The summed E-state index contributed by atoms with van der Waals surface area (Å²) in [6.07, 6.45) is 0.661. The molecule has 0 aliphatic heterocycles. The third-order valence-corrected chi connectivity index (χ3v) is 5.89. The van der Waals surface area contributed by atoms with E-state index in [1.54, 1.807) is 60.4 Å². The van der Waals surface area contributed by atoms with Gasteiger partial charge >= 0.3 is 12.0 Å². The maximum atomic E-state index is 13.1. The van der Waals surface area contributed by atoms with Gasteiger partial charge in [0.15, 0.2) is 6.10 Å². The van der Waals surface area contributed by atoms with Crippen LogP contribution in [-0.2, 0) is 16.0 Å². The number of carbonyl (C=O) groups excluding carboxylic acids is 1. The van der Waals surface area contributed by atoms with Crippen LogP contribution in [0.4, 0.5) is 19.3 Å². The van der Waals surface area contributed by atoms with Crippen LogP contribution in [0.3, 0.4) is 0 Å². The third-order valence-electron chi connectivity index (χ3n) is 5.56. The standard InChI is InChI=1S/C27H35ClF2N2O5/c1-3-36-24(25(33)34)19-20-11-13-21(14-12-20)37-18-17-32(16-8-4-7-15-27(2,29)30)26(35)31-23-10-6-5-9-22(23)28/h5-6,9-14,24H,3-4,7-8,15-19H2,1-2H3,(H,31,35)(H,33,34). The number of urea groups is 1. The van der Waals surface area contributed by atoms with Gasteiger partial charge < -0.3 is 24.8 Å². The number of nitrogens with one attached hydrogen (secondary N) is 1. The lowest BCUT2D eigenvalue weighted by atomic mass is 10.1. The zero-order valence-corrected chi connectivity index (χ0v) is 22.0. The van der Waals surface area contributed by atoms with Crippen LogP contribution < -0.4 is 10.1 Å². The molecule has 2 aromatic carbocycles. The SMILES string of the molecule is CCOC(Cc1ccc(OCCN(CCCCCC(C)(F)F)C(=O)Nc2ccccc2Cl)cc1)C(=O)O. The Bertz CT molecular complexity index is 986. The summed E-state index contributed by atoms with van der Waals surface area (Å²) in [7, 11) is 0. The maximum absolute atomic E-state index is 13.1. The van der Waals surface area contributed by atoms with E-state index in [-0.39, 0.29) is 32.0 Å². The van der Waals surface area contributed by atoms with Crippen LogP contribution in [-0.4, -0.2) is 60.3 Å². The molecule has 7 nitrogen and oxygen atoms in total. The Morgan fingerprint density at radius 2 is 1.78 bits per heavy atom. The van der Waals surface area contributed by atoms with Crippen molar-refractivity contribution in [3.63, 3.8) is 0 Å². The fourth-order valence-electron chi connectivity index (χ4n) is 3.61.